The minimum Gasteiger partial charge on any atom is -0.335 e. The normalized spacial score (nSPS) is 13.9. The molecule has 1 saturated carbocycles. The molecule has 0 N–H and O–H groups in total. The van der Waals surface area contributed by atoms with Crippen LogP contribution in [-0.2, 0) is 17.8 Å². The van der Waals surface area contributed by atoms with Crippen molar-refractivity contribution in [2.24, 2.45) is 0 Å². The maximum absolute atomic E-state index is 14.0. The number of hydrogen-bond acceptors (Lipinski definition) is 1. The minimum absolute atomic E-state index is 0.00846. The van der Waals surface area contributed by atoms with Gasteiger partial charge in [0.2, 0.25) is 5.91 Å². The lowest BCUT2D eigenvalue weighted by Crippen LogP contribution is -2.34. The zero-order chi connectivity index (χ0) is 16.4. The second kappa shape index (κ2) is 7.02. The van der Waals surface area contributed by atoms with Gasteiger partial charge in [-0.25, -0.2) is 4.39 Å². The number of rotatable bonds is 5. The van der Waals surface area contributed by atoms with Gasteiger partial charge in [0.05, 0.1) is 13.0 Å². The Morgan fingerprint density at radius 2 is 1.91 bits per heavy atom. The molecule has 2 nitrogen and oxygen atoms in total. The molecule has 1 aliphatic carbocycles. The first kappa shape index (κ1) is 16.5. The molecule has 0 spiro atoms. The van der Waals surface area contributed by atoms with Crippen LogP contribution in [0, 0.1) is 5.82 Å². The van der Waals surface area contributed by atoms with E-state index in [1.807, 2.05) is 24.3 Å². The van der Waals surface area contributed by atoms with Gasteiger partial charge >= 0.3 is 0 Å². The van der Waals surface area contributed by atoms with Crippen LogP contribution in [0.5, 0.6) is 0 Å². The molecule has 23 heavy (non-hydrogen) atoms. The molecule has 1 amide bonds. The van der Waals surface area contributed by atoms with Crippen LogP contribution in [0.25, 0.3) is 0 Å². The highest BCUT2D eigenvalue weighted by molar-refractivity contribution is 9.10. The van der Waals surface area contributed by atoms with Crippen LogP contribution < -0.4 is 0 Å². The monoisotopic (exact) mass is 395 g/mol. The predicted molar refractivity (Wildman–Crippen MR) is 92.8 cm³/mol. The van der Waals surface area contributed by atoms with Crippen LogP contribution in [-0.4, -0.2) is 16.8 Å². The summed E-state index contributed by atoms with van der Waals surface area (Å²) in [6.45, 7) is 0.228. The predicted octanol–water partition coefficient (Wildman–Crippen LogP) is 4.98. The van der Waals surface area contributed by atoms with Crippen molar-refractivity contribution < 1.29 is 9.18 Å². The first-order chi connectivity index (χ1) is 11.0. The zero-order valence-corrected chi connectivity index (χ0v) is 14.8. The van der Waals surface area contributed by atoms with Crippen molar-refractivity contribution in [2.75, 3.05) is 0 Å². The SMILES string of the molecule is O=C(Cc1ccc(Br)cc1)N(Cc1c(F)cccc1Cl)C1CC1. The van der Waals surface area contributed by atoms with Crippen LogP contribution >= 0.6 is 27.5 Å². The molecule has 1 fully saturated rings. The van der Waals surface area contributed by atoms with E-state index in [0.717, 1.165) is 22.9 Å². The molecule has 2 aromatic rings. The molecule has 0 aromatic heterocycles. The third kappa shape index (κ3) is 4.12. The summed E-state index contributed by atoms with van der Waals surface area (Å²) in [5.41, 5.74) is 1.34. The second-order valence-electron chi connectivity index (χ2n) is 5.76. The van der Waals surface area contributed by atoms with Crippen LogP contribution in [0.4, 0.5) is 4.39 Å². The van der Waals surface area contributed by atoms with Crippen molar-refractivity contribution in [1.82, 2.24) is 4.90 Å². The quantitative estimate of drug-likeness (QED) is 0.698. The summed E-state index contributed by atoms with van der Waals surface area (Å²) < 4.78 is 15.0. The van der Waals surface area contributed by atoms with Crippen molar-refractivity contribution in [1.29, 1.82) is 0 Å². The van der Waals surface area contributed by atoms with Gasteiger partial charge in [0.15, 0.2) is 0 Å². The highest BCUT2D eigenvalue weighted by Crippen LogP contribution is 2.31. The fraction of sp³-hybridized carbons (Fsp3) is 0.278. The molecule has 3 rings (SSSR count). The van der Waals surface area contributed by atoms with Crippen LogP contribution in [0.15, 0.2) is 46.9 Å². The van der Waals surface area contributed by atoms with Gasteiger partial charge in [-0.3, -0.25) is 4.79 Å². The Hall–Kier alpha value is -1.39. The van der Waals surface area contributed by atoms with Gasteiger partial charge in [0.1, 0.15) is 5.82 Å². The van der Waals surface area contributed by atoms with E-state index in [9.17, 15) is 9.18 Å². The van der Waals surface area contributed by atoms with Crippen molar-refractivity contribution >= 4 is 33.4 Å². The smallest absolute Gasteiger partial charge is 0.227 e. The van der Waals surface area contributed by atoms with Crippen molar-refractivity contribution in [3.63, 3.8) is 0 Å². The van der Waals surface area contributed by atoms with Crippen molar-refractivity contribution in [3.05, 3.63) is 68.9 Å². The van der Waals surface area contributed by atoms with E-state index in [1.165, 1.54) is 6.07 Å². The van der Waals surface area contributed by atoms with Crippen LogP contribution in [0.3, 0.4) is 0 Å². The first-order valence-electron chi connectivity index (χ1n) is 7.51. The molecular formula is C18H16BrClFNO. The third-order valence-corrected chi connectivity index (χ3v) is 4.85. The number of halogens is 3. The molecule has 0 saturated heterocycles. The molecule has 0 unspecified atom stereocenters. The second-order valence-corrected chi connectivity index (χ2v) is 7.08. The van der Waals surface area contributed by atoms with Gasteiger partial charge in [-0.05, 0) is 42.7 Å². The lowest BCUT2D eigenvalue weighted by atomic mass is 10.1. The summed E-state index contributed by atoms with van der Waals surface area (Å²) in [5.74, 6) is -0.353. The van der Waals surface area contributed by atoms with Gasteiger partial charge in [-0.1, -0.05) is 45.7 Å². The number of carbonyl (C=O) groups is 1. The average molecular weight is 397 g/mol. The molecular weight excluding hydrogens is 381 g/mol. The van der Waals surface area contributed by atoms with Crippen LogP contribution in [0.2, 0.25) is 5.02 Å². The molecule has 120 valence electrons. The van der Waals surface area contributed by atoms with Gasteiger partial charge in [-0.15, -0.1) is 0 Å². The Bertz CT molecular complexity index is 695. The summed E-state index contributed by atoms with van der Waals surface area (Å²) in [4.78, 5) is 14.4. The van der Waals surface area contributed by atoms with E-state index in [0.29, 0.717) is 17.0 Å². The molecule has 0 heterocycles. The fourth-order valence-electron chi connectivity index (χ4n) is 2.54. The maximum Gasteiger partial charge on any atom is 0.227 e. The number of nitrogens with zero attached hydrogens (tertiary/aromatic N) is 1. The van der Waals surface area contributed by atoms with E-state index >= 15 is 0 Å². The molecule has 0 radical (unpaired) electrons. The Morgan fingerprint density at radius 1 is 1.22 bits per heavy atom. The molecule has 0 bridgehead atoms. The number of benzene rings is 2. The van der Waals surface area contributed by atoms with E-state index in [4.69, 9.17) is 11.6 Å². The Morgan fingerprint density at radius 3 is 2.52 bits per heavy atom. The van der Waals surface area contributed by atoms with E-state index in [-0.39, 0.29) is 24.3 Å². The van der Waals surface area contributed by atoms with Gasteiger partial charge in [0.25, 0.3) is 0 Å². The minimum atomic E-state index is -0.361. The summed E-state index contributed by atoms with van der Waals surface area (Å²) >= 11 is 9.48. The van der Waals surface area contributed by atoms with E-state index in [1.54, 1.807) is 17.0 Å². The number of hydrogen-bond donors (Lipinski definition) is 0. The summed E-state index contributed by atoms with van der Waals surface area (Å²) in [7, 11) is 0. The highest BCUT2D eigenvalue weighted by atomic mass is 79.9. The molecule has 1 aliphatic rings. The highest BCUT2D eigenvalue weighted by Gasteiger charge is 2.33. The van der Waals surface area contributed by atoms with Crippen molar-refractivity contribution in [2.45, 2.75) is 31.8 Å². The van der Waals surface area contributed by atoms with E-state index < -0.39 is 0 Å². The lowest BCUT2D eigenvalue weighted by molar-refractivity contribution is -0.131. The summed E-state index contributed by atoms with van der Waals surface area (Å²) in [6, 6.07) is 12.5. The zero-order valence-electron chi connectivity index (χ0n) is 12.4. The summed E-state index contributed by atoms with van der Waals surface area (Å²) in [6.07, 6.45) is 2.26. The lowest BCUT2D eigenvalue weighted by Gasteiger charge is -2.23. The van der Waals surface area contributed by atoms with Gasteiger partial charge in [-0.2, -0.15) is 0 Å². The van der Waals surface area contributed by atoms with Crippen molar-refractivity contribution in [3.8, 4) is 0 Å². The third-order valence-electron chi connectivity index (χ3n) is 3.97. The molecule has 2 aromatic carbocycles. The van der Waals surface area contributed by atoms with E-state index in [2.05, 4.69) is 15.9 Å². The Labute approximate surface area is 148 Å². The number of amides is 1. The standard InChI is InChI=1S/C18H16BrClFNO/c19-13-6-4-12(5-7-13)10-18(23)22(14-8-9-14)11-15-16(20)2-1-3-17(15)21/h1-7,14H,8-11H2. The molecule has 5 heteroatoms. The largest absolute Gasteiger partial charge is 0.335 e. The fourth-order valence-corrected chi connectivity index (χ4v) is 3.03. The van der Waals surface area contributed by atoms with Gasteiger partial charge < -0.3 is 4.90 Å². The summed E-state index contributed by atoms with van der Waals surface area (Å²) in [5, 5.41) is 0.368. The first-order valence-corrected chi connectivity index (χ1v) is 8.68. The Balaban J connectivity index is 1.76. The average Bonchev–Trinajstić information content (AvgIpc) is 3.34. The topological polar surface area (TPSA) is 20.3 Å². The molecule has 0 atom stereocenters. The number of carbonyl (C=O) groups excluding carboxylic acids is 1. The maximum atomic E-state index is 14.0. The van der Waals surface area contributed by atoms with Gasteiger partial charge in [0, 0.05) is 21.1 Å². The molecule has 0 aliphatic heterocycles. The van der Waals surface area contributed by atoms with Crippen LogP contribution in [0.1, 0.15) is 24.0 Å². The Kier molecular flexibility index (Phi) is 5.02.